The first-order chi connectivity index (χ1) is 8.17. The Morgan fingerprint density at radius 3 is 2.44 bits per heavy atom. The summed E-state index contributed by atoms with van der Waals surface area (Å²) in [5.74, 6) is -2.51. The minimum atomic E-state index is -2.51. The zero-order valence-corrected chi connectivity index (χ0v) is 12.4. The summed E-state index contributed by atoms with van der Waals surface area (Å²) in [5.41, 5.74) is 1.90. The normalized spacial score (nSPS) is 19.7. The van der Waals surface area contributed by atoms with Crippen LogP contribution in [0.15, 0.2) is 16.7 Å². The van der Waals surface area contributed by atoms with Crippen LogP contribution in [0.2, 0.25) is 0 Å². The minimum absolute atomic E-state index is 0.0908. The molecule has 1 saturated heterocycles. The van der Waals surface area contributed by atoms with Gasteiger partial charge in [0.05, 0.1) is 18.8 Å². The lowest BCUT2D eigenvalue weighted by Gasteiger charge is -2.39. The predicted molar refractivity (Wildman–Crippen MR) is 70.9 cm³/mol. The van der Waals surface area contributed by atoms with Crippen LogP contribution in [0.3, 0.4) is 0 Å². The van der Waals surface area contributed by atoms with Crippen LogP contribution >= 0.6 is 15.9 Å². The molecule has 0 aromatic carbocycles. The quantitative estimate of drug-likeness (QED) is 0.775. The summed E-state index contributed by atoms with van der Waals surface area (Å²) in [6, 6.07) is 3.83. The van der Waals surface area contributed by atoms with Gasteiger partial charge in [0, 0.05) is 12.0 Å². The van der Waals surface area contributed by atoms with Crippen LogP contribution in [-0.4, -0.2) is 28.9 Å². The van der Waals surface area contributed by atoms with Gasteiger partial charge in [0.2, 0.25) is 0 Å². The molecule has 2 rings (SSSR count). The molecule has 2 nitrogen and oxygen atoms in total. The van der Waals surface area contributed by atoms with E-state index in [1.807, 2.05) is 12.1 Å². The second-order valence-corrected chi connectivity index (χ2v) is 6.71. The Morgan fingerprint density at radius 2 is 1.94 bits per heavy atom. The molecule has 0 N–H and O–H groups in total. The van der Waals surface area contributed by atoms with Gasteiger partial charge in [-0.05, 0) is 27.6 Å². The van der Waals surface area contributed by atoms with Crippen LogP contribution in [0.1, 0.15) is 32.0 Å². The van der Waals surface area contributed by atoms with Crippen molar-refractivity contribution in [3.63, 3.8) is 0 Å². The third kappa shape index (κ3) is 3.06. The first-order valence-corrected chi connectivity index (χ1v) is 6.73. The molecular formula is C13H17BrF2N2. The van der Waals surface area contributed by atoms with Crippen LogP contribution in [0.5, 0.6) is 0 Å². The van der Waals surface area contributed by atoms with Crippen molar-refractivity contribution >= 4 is 15.9 Å². The Labute approximate surface area is 115 Å². The van der Waals surface area contributed by atoms with Crippen LogP contribution in [0.4, 0.5) is 8.78 Å². The molecule has 1 aromatic rings. The van der Waals surface area contributed by atoms with E-state index in [9.17, 15) is 8.78 Å². The van der Waals surface area contributed by atoms with Gasteiger partial charge >= 0.3 is 0 Å². The topological polar surface area (TPSA) is 16.1 Å². The summed E-state index contributed by atoms with van der Waals surface area (Å²) in [6.07, 6.45) is 0. The summed E-state index contributed by atoms with van der Waals surface area (Å²) in [6.45, 7) is 6.49. The number of pyridine rings is 1. The molecule has 0 saturated carbocycles. The molecule has 1 aliphatic heterocycles. The van der Waals surface area contributed by atoms with Crippen molar-refractivity contribution < 1.29 is 8.78 Å². The van der Waals surface area contributed by atoms with Gasteiger partial charge in [0.1, 0.15) is 4.60 Å². The largest absolute Gasteiger partial charge is 0.287 e. The van der Waals surface area contributed by atoms with Gasteiger partial charge < -0.3 is 0 Å². The van der Waals surface area contributed by atoms with Crippen LogP contribution in [-0.2, 0) is 12.0 Å². The minimum Gasteiger partial charge on any atom is -0.287 e. The first kappa shape index (κ1) is 13.9. The Morgan fingerprint density at radius 1 is 1.33 bits per heavy atom. The van der Waals surface area contributed by atoms with E-state index in [2.05, 4.69) is 41.7 Å². The Kier molecular flexibility index (Phi) is 3.49. The maximum atomic E-state index is 12.8. The number of likely N-dealkylation sites (tertiary alicyclic amines) is 1. The molecule has 0 radical (unpaired) electrons. The maximum absolute atomic E-state index is 12.8. The highest BCUT2D eigenvalue weighted by Crippen LogP contribution is 2.31. The molecule has 5 heteroatoms. The molecule has 0 unspecified atom stereocenters. The molecule has 0 bridgehead atoms. The van der Waals surface area contributed by atoms with Crippen LogP contribution in [0, 0.1) is 0 Å². The van der Waals surface area contributed by atoms with Crippen molar-refractivity contribution in [1.82, 2.24) is 9.88 Å². The van der Waals surface area contributed by atoms with Crippen molar-refractivity contribution in [3.8, 4) is 0 Å². The van der Waals surface area contributed by atoms with Gasteiger partial charge in [0.15, 0.2) is 0 Å². The Bertz CT molecular complexity index is 447. The third-order valence-electron chi connectivity index (χ3n) is 2.96. The summed E-state index contributed by atoms with van der Waals surface area (Å²) in [7, 11) is 0. The average Bonchev–Trinajstić information content (AvgIpc) is 2.16. The summed E-state index contributed by atoms with van der Waals surface area (Å²) in [5, 5.41) is 0. The maximum Gasteiger partial charge on any atom is 0.272 e. The number of halogens is 3. The van der Waals surface area contributed by atoms with E-state index < -0.39 is 5.92 Å². The van der Waals surface area contributed by atoms with E-state index in [1.54, 1.807) is 4.90 Å². The van der Waals surface area contributed by atoms with Crippen LogP contribution < -0.4 is 0 Å². The van der Waals surface area contributed by atoms with Crippen molar-refractivity contribution in [2.75, 3.05) is 13.1 Å². The van der Waals surface area contributed by atoms with Gasteiger partial charge in [0.25, 0.3) is 5.92 Å². The van der Waals surface area contributed by atoms with Gasteiger partial charge in [-0.1, -0.05) is 26.8 Å². The van der Waals surface area contributed by atoms with E-state index in [0.29, 0.717) is 6.54 Å². The van der Waals surface area contributed by atoms with Crippen LogP contribution in [0.25, 0.3) is 0 Å². The standard InChI is InChI=1S/C13H17BrF2N2/c1-12(2,3)11-9(4-5-10(14)17-11)6-18-7-13(15,16)8-18/h4-5H,6-8H2,1-3H3. The number of rotatable bonds is 2. The Hall–Kier alpha value is -0.550. The molecule has 0 amide bonds. The van der Waals surface area contributed by atoms with E-state index in [-0.39, 0.29) is 18.5 Å². The van der Waals surface area contributed by atoms with E-state index in [0.717, 1.165) is 15.9 Å². The number of hydrogen-bond acceptors (Lipinski definition) is 2. The number of nitrogens with zero attached hydrogens (tertiary/aromatic N) is 2. The fourth-order valence-corrected chi connectivity index (χ4v) is 2.51. The highest BCUT2D eigenvalue weighted by atomic mass is 79.9. The molecular weight excluding hydrogens is 302 g/mol. The number of aromatic nitrogens is 1. The fourth-order valence-electron chi connectivity index (χ4n) is 2.20. The van der Waals surface area contributed by atoms with Gasteiger partial charge in [-0.3, -0.25) is 4.90 Å². The Balaban J connectivity index is 2.18. The third-order valence-corrected chi connectivity index (χ3v) is 3.40. The summed E-state index contributed by atoms with van der Waals surface area (Å²) >= 11 is 3.36. The molecule has 100 valence electrons. The highest BCUT2D eigenvalue weighted by Gasteiger charge is 2.43. The van der Waals surface area contributed by atoms with Gasteiger partial charge in [-0.2, -0.15) is 0 Å². The monoisotopic (exact) mass is 318 g/mol. The fraction of sp³-hybridized carbons (Fsp3) is 0.615. The molecule has 0 atom stereocenters. The number of hydrogen-bond donors (Lipinski definition) is 0. The lowest BCUT2D eigenvalue weighted by Crippen LogP contribution is -2.55. The molecule has 18 heavy (non-hydrogen) atoms. The predicted octanol–water partition coefficient (Wildman–Crippen LogP) is 3.59. The van der Waals surface area contributed by atoms with Gasteiger partial charge in [-0.15, -0.1) is 0 Å². The lowest BCUT2D eigenvalue weighted by atomic mass is 9.88. The van der Waals surface area contributed by atoms with Crippen molar-refractivity contribution in [1.29, 1.82) is 0 Å². The van der Waals surface area contributed by atoms with Crippen molar-refractivity contribution in [2.45, 2.75) is 38.7 Å². The molecule has 0 aliphatic carbocycles. The van der Waals surface area contributed by atoms with Crippen molar-refractivity contribution in [3.05, 3.63) is 28.0 Å². The zero-order valence-electron chi connectivity index (χ0n) is 10.8. The lowest BCUT2D eigenvalue weighted by molar-refractivity contribution is -0.134. The molecule has 2 heterocycles. The molecule has 0 spiro atoms. The molecule has 1 aromatic heterocycles. The SMILES string of the molecule is CC(C)(C)c1nc(Br)ccc1CN1CC(F)(F)C1. The smallest absolute Gasteiger partial charge is 0.272 e. The van der Waals surface area contributed by atoms with E-state index >= 15 is 0 Å². The van der Waals surface area contributed by atoms with E-state index in [4.69, 9.17) is 0 Å². The van der Waals surface area contributed by atoms with Gasteiger partial charge in [-0.25, -0.2) is 13.8 Å². The first-order valence-electron chi connectivity index (χ1n) is 5.93. The second kappa shape index (κ2) is 4.53. The van der Waals surface area contributed by atoms with E-state index in [1.165, 1.54) is 0 Å². The highest BCUT2D eigenvalue weighted by molar-refractivity contribution is 9.10. The second-order valence-electron chi connectivity index (χ2n) is 5.89. The summed E-state index contributed by atoms with van der Waals surface area (Å²) < 4.78 is 26.4. The molecule has 1 aliphatic rings. The van der Waals surface area contributed by atoms with Crippen molar-refractivity contribution in [2.24, 2.45) is 0 Å². The average molecular weight is 319 g/mol. The summed E-state index contributed by atoms with van der Waals surface area (Å²) in [4.78, 5) is 6.24. The molecule has 1 fully saturated rings. The zero-order chi connectivity index (χ0) is 13.6. The number of alkyl halides is 2.